The smallest absolute Gasteiger partial charge is 0.252 e. The third kappa shape index (κ3) is 7.04. The second kappa shape index (κ2) is 18.6. The largest absolute Gasteiger partial charge is 0.311 e. The van der Waals surface area contributed by atoms with Gasteiger partial charge in [-0.2, -0.15) is 0 Å². The van der Waals surface area contributed by atoms with Crippen LogP contribution >= 0.6 is 0 Å². The number of hydrogen-bond acceptors (Lipinski definition) is 2. The van der Waals surface area contributed by atoms with Crippen LogP contribution in [0.15, 0.2) is 291 Å². The number of aromatic nitrogens is 4. The maximum absolute atomic E-state index is 11.4. The van der Waals surface area contributed by atoms with E-state index >= 15 is 0 Å². The SMILES string of the molecule is [2H]c1c([2H])c(-n2c3c([2H])c([2H])c([2H])c([2H])c3c3c([2H])c([2H])c([2H])c([2H])c32)c([2H])c2c1B1c3c(cc(C(C)(C)C)cc3N(c3cccc4c3c3ccccc3n4-c3ccccc3)c3c([2H])c(-n4c5c([2H])c([2H])c([2H])c([2H])c5c5c([2H])c([2H])c([2H])c([2H])c54)c([2H])c([2H])c31)N2c1cccc2c1c1ccccc1n2-c1ccccc1. The number of hydrogen-bond donors (Lipinski definition) is 0. The fourth-order valence-electron chi connectivity index (χ4n) is 14.1. The first-order chi connectivity index (χ1) is 53.0. The summed E-state index contributed by atoms with van der Waals surface area (Å²) in [5.41, 5.74) is 2.78. The van der Waals surface area contributed by atoms with E-state index in [0.29, 0.717) is 55.6 Å². The second-order valence-electron chi connectivity index (χ2n) is 23.5. The molecule has 0 unspecified atom stereocenters. The predicted octanol–water partition coefficient (Wildman–Crippen LogP) is 19.5. The lowest BCUT2D eigenvalue weighted by Gasteiger charge is -2.45. The van der Waals surface area contributed by atoms with Gasteiger partial charge >= 0.3 is 0 Å². The highest BCUT2D eigenvalue weighted by Gasteiger charge is 2.45. The number of para-hydroxylation sites is 8. The molecule has 0 saturated carbocycles. The Morgan fingerprint density at radius 2 is 0.663 bits per heavy atom. The van der Waals surface area contributed by atoms with Crippen molar-refractivity contribution in [2.24, 2.45) is 0 Å². The molecule has 7 heteroatoms. The van der Waals surface area contributed by atoms with Crippen LogP contribution in [0.3, 0.4) is 0 Å². The second-order valence-corrected chi connectivity index (χ2v) is 23.5. The Bertz CT molecular complexity index is 6620. The van der Waals surface area contributed by atoms with Crippen LogP contribution in [-0.4, -0.2) is 25.0 Å². The van der Waals surface area contributed by atoms with Crippen LogP contribution in [0.1, 0.15) is 56.5 Å². The molecule has 0 radical (unpaired) electrons. The molecule has 4 aromatic heterocycles. The zero-order valence-corrected chi connectivity index (χ0v) is 47.8. The lowest BCUT2D eigenvalue weighted by molar-refractivity contribution is 0.590. The summed E-state index contributed by atoms with van der Waals surface area (Å²) in [5.74, 6) is 0. The third-order valence-corrected chi connectivity index (χ3v) is 17.8. The highest BCUT2D eigenvalue weighted by atomic mass is 15.2. The van der Waals surface area contributed by atoms with E-state index in [1.807, 2.05) is 188 Å². The highest BCUT2D eigenvalue weighted by Crippen LogP contribution is 2.52. The molecule has 0 N–H and O–H groups in total. The van der Waals surface area contributed by atoms with Gasteiger partial charge in [0.1, 0.15) is 0 Å². The summed E-state index contributed by atoms with van der Waals surface area (Å²) in [7, 11) is 0. The third-order valence-electron chi connectivity index (χ3n) is 17.8. The summed E-state index contributed by atoms with van der Waals surface area (Å²) in [5, 5.41) is 1.34. The molecule has 13 aromatic carbocycles. The molecule has 19 rings (SSSR count). The molecule has 0 saturated heterocycles. The van der Waals surface area contributed by atoms with E-state index in [9.17, 15) is 24.7 Å². The number of rotatable bonds is 6. The molecule has 0 amide bonds. The maximum Gasteiger partial charge on any atom is 0.252 e. The summed E-state index contributed by atoms with van der Waals surface area (Å²) in [6, 6.07) is 34.6. The van der Waals surface area contributed by atoms with Gasteiger partial charge in [0.05, 0.1) is 85.7 Å². The molecule has 0 bridgehead atoms. The van der Waals surface area contributed by atoms with E-state index in [2.05, 4.69) is 9.13 Å². The van der Waals surface area contributed by atoms with E-state index in [1.54, 1.807) is 0 Å². The summed E-state index contributed by atoms with van der Waals surface area (Å²) < 4.78 is 222. The van der Waals surface area contributed by atoms with Gasteiger partial charge in [0.2, 0.25) is 0 Å². The molecule has 6 heterocycles. The van der Waals surface area contributed by atoms with Crippen LogP contribution in [0, 0.1) is 0 Å². The van der Waals surface area contributed by atoms with Gasteiger partial charge in [-0.25, -0.2) is 0 Å². The minimum absolute atomic E-state index is 0.140. The van der Waals surface area contributed by atoms with Crippen LogP contribution < -0.4 is 26.2 Å². The first-order valence-electron chi connectivity index (χ1n) is 40.3. The summed E-state index contributed by atoms with van der Waals surface area (Å²) in [4.78, 5) is 3.66. The minimum atomic E-state index is -1.58. The van der Waals surface area contributed by atoms with Gasteiger partial charge in [0, 0.05) is 88.6 Å². The lowest BCUT2D eigenvalue weighted by atomic mass is 9.33. The van der Waals surface area contributed by atoms with E-state index in [4.69, 9.17) is 5.48 Å². The summed E-state index contributed by atoms with van der Waals surface area (Å²) in [6.45, 7) is 4.44. The van der Waals surface area contributed by atoms with E-state index in [0.717, 1.165) is 42.3 Å². The fourth-order valence-corrected chi connectivity index (χ4v) is 14.1. The first-order valence-corrected chi connectivity index (χ1v) is 29.3. The molecule has 6 nitrogen and oxygen atoms in total. The van der Waals surface area contributed by atoms with Gasteiger partial charge in [-0.1, -0.05) is 190 Å². The monoisotopic (exact) mass is 1160 g/mol. The van der Waals surface area contributed by atoms with Crippen LogP contribution in [0.25, 0.3) is 110 Å². The zero-order valence-electron chi connectivity index (χ0n) is 69.8. The van der Waals surface area contributed by atoms with Crippen molar-refractivity contribution in [3.63, 3.8) is 0 Å². The standard InChI is InChI=1S/C82H57BN6/c1-82(2,3)52-48-77-81-78(49-52)89(74-43-23-41-72-80(74)62-33-15-21-39-70(62)85(72)54-26-8-5-9-27-54)76-51-56(87-67-36-18-12-30-59(67)60-31-13-19-37-68(60)87)45-47-64(76)83(81)63-46-44-55(86-65-34-16-10-28-57(65)58-29-11-17-35-66(58)86)50-75(63)88(77)73-42-22-40-71-79(73)61-32-14-20-38-69(61)84(71)53-24-6-4-7-25-53/h4-51H,1-3H3/i10D,11D,12D,13D,16D,17D,18D,19D,28D,29D,30D,31D,34D,35D,36D,37D,44D,45D,46D,47D,50D,51D. The Hall–Kier alpha value is -11.3. The van der Waals surface area contributed by atoms with Crippen LogP contribution in [0.5, 0.6) is 0 Å². The Labute approximate surface area is 546 Å². The molecule has 17 aromatic rings. The van der Waals surface area contributed by atoms with Crippen molar-refractivity contribution in [3.05, 3.63) is 296 Å². The first kappa shape index (κ1) is 33.0. The zero-order chi connectivity index (χ0) is 77.9. The van der Waals surface area contributed by atoms with Crippen LogP contribution in [0.4, 0.5) is 34.1 Å². The molecule has 0 atom stereocenters. The summed E-state index contributed by atoms with van der Waals surface area (Å²) in [6.07, 6.45) is 0. The molecule has 2 aliphatic heterocycles. The average molecular weight is 1160 g/mol. The van der Waals surface area contributed by atoms with E-state index in [1.165, 1.54) is 0 Å². The minimum Gasteiger partial charge on any atom is -0.311 e. The van der Waals surface area contributed by atoms with Gasteiger partial charge in [-0.15, -0.1) is 0 Å². The van der Waals surface area contributed by atoms with Crippen molar-refractivity contribution in [2.45, 2.75) is 26.2 Å². The molecule has 0 spiro atoms. The molecular weight excluding hydrogens is 1080 g/mol. The molecule has 0 aliphatic carbocycles. The van der Waals surface area contributed by atoms with Crippen molar-refractivity contribution in [3.8, 4) is 22.7 Å². The van der Waals surface area contributed by atoms with Crippen molar-refractivity contribution in [2.75, 3.05) is 9.80 Å². The number of fused-ring (bicyclic) bond motifs is 16. The van der Waals surface area contributed by atoms with Crippen molar-refractivity contribution in [1.82, 2.24) is 18.3 Å². The van der Waals surface area contributed by atoms with E-state index < -0.39 is 179 Å². The predicted molar refractivity (Wildman–Crippen MR) is 377 cm³/mol. The Kier molecular flexibility index (Phi) is 6.91. The van der Waals surface area contributed by atoms with Crippen LogP contribution in [-0.2, 0) is 5.41 Å². The average Bonchev–Trinajstić information content (AvgIpc) is 1.60. The van der Waals surface area contributed by atoms with Gasteiger partial charge in [-0.3, -0.25) is 0 Å². The Morgan fingerprint density at radius 1 is 0.303 bits per heavy atom. The van der Waals surface area contributed by atoms with Gasteiger partial charge in [0.15, 0.2) is 0 Å². The van der Waals surface area contributed by atoms with Crippen LogP contribution in [0.2, 0.25) is 0 Å². The van der Waals surface area contributed by atoms with Crippen molar-refractivity contribution in [1.29, 1.82) is 0 Å². The summed E-state index contributed by atoms with van der Waals surface area (Å²) >= 11 is 0. The Morgan fingerprint density at radius 3 is 1.07 bits per heavy atom. The maximum atomic E-state index is 11.4. The normalized spacial score (nSPS) is 16.5. The number of anilines is 6. The molecule has 418 valence electrons. The topological polar surface area (TPSA) is 26.2 Å². The quantitative estimate of drug-likeness (QED) is 0.155. The molecule has 89 heavy (non-hydrogen) atoms. The fraction of sp³-hybridized carbons (Fsp3) is 0.0488. The lowest BCUT2D eigenvalue weighted by Crippen LogP contribution is -2.61. The van der Waals surface area contributed by atoms with Crippen molar-refractivity contribution >= 4 is 144 Å². The molecule has 0 fully saturated rings. The van der Waals surface area contributed by atoms with E-state index in [-0.39, 0.29) is 43.8 Å². The van der Waals surface area contributed by atoms with Gasteiger partial charge in [-0.05, 0) is 149 Å². The van der Waals surface area contributed by atoms with Gasteiger partial charge < -0.3 is 28.1 Å². The number of benzene rings is 13. The molecular formula is C82H57BN6. The number of nitrogens with zero attached hydrogens (tertiary/aromatic N) is 6. The highest BCUT2D eigenvalue weighted by molar-refractivity contribution is 7.00. The van der Waals surface area contributed by atoms with Gasteiger partial charge in [0.25, 0.3) is 6.71 Å². The molecule has 2 aliphatic rings. The Balaban J connectivity index is 1.06. The van der Waals surface area contributed by atoms with Crippen molar-refractivity contribution < 1.29 is 30.2 Å².